The Bertz CT molecular complexity index is 919. The van der Waals surface area contributed by atoms with Gasteiger partial charge in [0.15, 0.2) is 11.0 Å². The average Bonchev–Trinajstić information content (AvgIpc) is 3.16. The first-order chi connectivity index (χ1) is 15.4. The number of nitrogens with one attached hydrogen (secondary N) is 2. The molecule has 0 radical (unpaired) electrons. The van der Waals surface area contributed by atoms with Gasteiger partial charge in [0.1, 0.15) is 5.75 Å². The number of rotatable bonds is 8. The molecule has 1 atom stereocenters. The van der Waals surface area contributed by atoms with Gasteiger partial charge >= 0.3 is 12.6 Å². The Labute approximate surface area is 188 Å². The molecule has 1 aliphatic rings. The molecule has 174 valence electrons. The topological polar surface area (TPSA) is 101 Å². The van der Waals surface area contributed by atoms with Crippen molar-refractivity contribution in [3.63, 3.8) is 0 Å². The normalized spacial score (nSPS) is 15.4. The van der Waals surface area contributed by atoms with Crippen LogP contribution in [0.1, 0.15) is 32.0 Å². The standard InChI is InChI=1S/C20H26F2N6O3S/c1-13(17(29)24-19(30)23-2)32-20-26-25-16(12-27-10-4-3-5-11-27)28(20)14-6-8-15(9-7-14)31-18(21)22/h6-9,13,18H,3-5,10-12H2,1-2H3,(H2,23,24,29,30)/t13-/m1/s1. The average molecular weight is 469 g/mol. The third kappa shape index (κ3) is 6.39. The number of thioether (sulfide) groups is 1. The lowest BCUT2D eigenvalue weighted by Gasteiger charge is -2.26. The second-order valence-electron chi connectivity index (χ2n) is 7.27. The molecule has 0 unspecified atom stereocenters. The number of amides is 3. The summed E-state index contributed by atoms with van der Waals surface area (Å²) in [5, 5.41) is 13.0. The van der Waals surface area contributed by atoms with E-state index in [1.165, 1.54) is 25.6 Å². The van der Waals surface area contributed by atoms with Gasteiger partial charge in [0, 0.05) is 12.7 Å². The number of carbonyl (C=O) groups is 2. The number of aromatic nitrogens is 3. The number of hydrogen-bond acceptors (Lipinski definition) is 7. The third-order valence-electron chi connectivity index (χ3n) is 4.95. The van der Waals surface area contributed by atoms with Gasteiger partial charge in [0.05, 0.1) is 11.8 Å². The molecule has 0 aliphatic carbocycles. The van der Waals surface area contributed by atoms with Crippen LogP contribution in [-0.2, 0) is 11.3 Å². The fraction of sp³-hybridized carbons (Fsp3) is 0.500. The Morgan fingerprint density at radius 1 is 1.16 bits per heavy atom. The summed E-state index contributed by atoms with van der Waals surface area (Å²) in [6.45, 7) is 1.24. The maximum Gasteiger partial charge on any atom is 0.387 e. The molecule has 12 heteroatoms. The monoisotopic (exact) mass is 468 g/mol. The summed E-state index contributed by atoms with van der Waals surface area (Å²) < 4.78 is 31.2. The van der Waals surface area contributed by atoms with Crippen LogP contribution < -0.4 is 15.4 Å². The highest BCUT2D eigenvalue weighted by molar-refractivity contribution is 8.00. The first-order valence-corrected chi connectivity index (χ1v) is 11.2. The van der Waals surface area contributed by atoms with E-state index in [1.54, 1.807) is 23.6 Å². The van der Waals surface area contributed by atoms with Crippen molar-refractivity contribution in [3.05, 3.63) is 30.1 Å². The molecule has 2 N–H and O–H groups in total. The van der Waals surface area contributed by atoms with Gasteiger partial charge in [-0.05, 0) is 57.1 Å². The molecule has 1 aromatic heterocycles. The van der Waals surface area contributed by atoms with E-state index in [1.807, 2.05) is 0 Å². The van der Waals surface area contributed by atoms with Gasteiger partial charge in [-0.3, -0.25) is 19.6 Å². The minimum atomic E-state index is -2.91. The van der Waals surface area contributed by atoms with Crippen molar-refractivity contribution < 1.29 is 23.1 Å². The van der Waals surface area contributed by atoms with Gasteiger partial charge in [-0.2, -0.15) is 8.78 Å². The van der Waals surface area contributed by atoms with E-state index < -0.39 is 23.8 Å². The Hall–Kier alpha value is -2.73. The van der Waals surface area contributed by atoms with Crippen LogP contribution in [0.3, 0.4) is 0 Å². The van der Waals surface area contributed by atoms with Crippen molar-refractivity contribution in [2.75, 3.05) is 20.1 Å². The Morgan fingerprint density at radius 3 is 2.47 bits per heavy atom. The summed E-state index contributed by atoms with van der Waals surface area (Å²) >= 11 is 1.15. The third-order valence-corrected chi connectivity index (χ3v) is 5.99. The molecule has 3 amide bonds. The molecule has 1 aromatic carbocycles. The molecule has 0 saturated carbocycles. The van der Waals surface area contributed by atoms with E-state index in [9.17, 15) is 18.4 Å². The van der Waals surface area contributed by atoms with E-state index in [4.69, 9.17) is 0 Å². The lowest BCUT2D eigenvalue weighted by Crippen LogP contribution is -2.41. The summed E-state index contributed by atoms with van der Waals surface area (Å²) in [6.07, 6.45) is 3.44. The van der Waals surface area contributed by atoms with Gasteiger partial charge < -0.3 is 10.1 Å². The number of imide groups is 1. The second kappa shape index (κ2) is 11.2. The summed E-state index contributed by atoms with van der Waals surface area (Å²) in [4.78, 5) is 26.0. The van der Waals surface area contributed by atoms with Crippen LogP contribution in [0.5, 0.6) is 5.75 Å². The number of carbonyl (C=O) groups excluding carboxylic acids is 2. The molecular weight excluding hydrogens is 442 g/mol. The van der Waals surface area contributed by atoms with Crippen LogP contribution in [0, 0.1) is 0 Å². The van der Waals surface area contributed by atoms with Crippen molar-refractivity contribution >= 4 is 23.7 Å². The van der Waals surface area contributed by atoms with Crippen molar-refractivity contribution in [2.45, 2.75) is 49.7 Å². The highest BCUT2D eigenvalue weighted by Gasteiger charge is 2.23. The summed E-state index contributed by atoms with van der Waals surface area (Å²) in [6, 6.07) is 5.58. The predicted molar refractivity (Wildman–Crippen MR) is 115 cm³/mol. The minimum Gasteiger partial charge on any atom is -0.435 e. The van der Waals surface area contributed by atoms with Crippen LogP contribution >= 0.6 is 11.8 Å². The van der Waals surface area contributed by atoms with Crippen LogP contribution in [0.4, 0.5) is 13.6 Å². The number of likely N-dealkylation sites (tertiary alicyclic amines) is 1. The number of ether oxygens (including phenoxy) is 1. The fourth-order valence-electron chi connectivity index (χ4n) is 3.32. The van der Waals surface area contributed by atoms with Gasteiger partial charge in [0.25, 0.3) is 0 Å². The van der Waals surface area contributed by atoms with Crippen molar-refractivity contribution in [1.29, 1.82) is 0 Å². The number of benzene rings is 1. The molecule has 9 nitrogen and oxygen atoms in total. The zero-order valence-corrected chi connectivity index (χ0v) is 18.7. The smallest absolute Gasteiger partial charge is 0.387 e. The highest BCUT2D eigenvalue weighted by atomic mass is 32.2. The van der Waals surface area contributed by atoms with Crippen molar-refractivity contribution in [3.8, 4) is 11.4 Å². The maximum absolute atomic E-state index is 12.5. The Kier molecular flexibility index (Phi) is 8.39. The Morgan fingerprint density at radius 2 is 1.84 bits per heavy atom. The number of nitrogens with zero attached hydrogens (tertiary/aromatic N) is 4. The molecule has 2 aromatic rings. The molecule has 1 aliphatic heterocycles. The molecule has 1 saturated heterocycles. The summed E-state index contributed by atoms with van der Waals surface area (Å²) in [7, 11) is 1.42. The quantitative estimate of drug-likeness (QED) is 0.575. The maximum atomic E-state index is 12.5. The van der Waals surface area contributed by atoms with Crippen LogP contribution in [0.15, 0.2) is 29.4 Å². The number of piperidine rings is 1. The number of urea groups is 1. The van der Waals surface area contributed by atoms with Crippen LogP contribution in [-0.4, -0.2) is 63.6 Å². The van der Waals surface area contributed by atoms with Crippen molar-refractivity contribution in [2.24, 2.45) is 0 Å². The van der Waals surface area contributed by atoms with E-state index in [0.717, 1.165) is 37.7 Å². The van der Waals surface area contributed by atoms with E-state index >= 15 is 0 Å². The predicted octanol–water partition coefficient (Wildman–Crippen LogP) is 2.79. The highest BCUT2D eigenvalue weighted by Crippen LogP contribution is 2.28. The molecule has 2 heterocycles. The summed E-state index contributed by atoms with van der Waals surface area (Å²) in [5.74, 6) is 0.250. The molecule has 3 rings (SSSR count). The number of hydrogen-bond donors (Lipinski definition) is 2. The first-order valence-electron chi connectivity index (χ1n) is 10.3. The molecule has 0 spiro atoms. The van der Waals surface area contributed by atoms with Gasteiger partial charge in [-0.25, -0.2) is 4.79 Å². The first kappa shape index (κ1) is 23.9. The van der Waals surface area contributed by atoms with Crippen molar-refractivity contribution in [1.82, 2.24) is 30.3 Å². The lowest BCUT2D eigenvalue weighted by molar-refractivity contribution is -0.119. The van der Waals surface area contributed by atoms with Gasteiger partial charge in [-0.15, -0.1) is 10.2 Å². The second-order valence-corrected chi connectivity index (χ2v) is 8.58. The molecule has 32 heavy (non-hydrogen) atoms. The van der Waals surface area contributed by atoms with E-state index in [2.05, 4.69) is 30.5 Å². The zero-order chi connectivity index (χ0) is 23.1. The van der Waals surface area contributed by atoms with Crippen LogP contribution in [0.2, 0.25) is 0 Å². The van der Waals surface area contributed by atoms with Gasteiger partial charge in [0.2, 0.25) is 5.91 Å². The Balaban J connectivity index is 1.85. The largest absolute Gasteiger partial charge is 0.435 e. The van der Waals surface area contributed by atoms with Gasteiger partial charge in [-0.1, -0.05) is 18.2 Å². The van der Waals surface area contributed by atoms with Crippen LogP contribution in [0.25, 0.3) is 5.69 Å². The fourth-order valence-corrected chi connectivity index (χ4v) is 4.21. The number of halogens is 2. The minimum absolute atomic E-state index is 0.0435. The van der Waals surface area contributed by atoms with E-state index in [0.29, 0.717) is 23.2 Å². The lowest BCUT2D eigenvalue weighted by atomic mass is 10.1. The number of alkyl halides is 2. The molecule has 1 fully saturated rings. The zero-order valence-electron chi connectivity index (χ0n) is 17.9. The summed E-state index contributed by atoms with van der Waals surface area (Å²) in [5.41, 5.74) is 0.657. The molecule has 0 bridgehead atoms. The molecular formula is C20H26F2N6O3S. The van der Waals surface area contributed by atoms with E-state index in [-0.39, 0.29) is 5.75 Å². The SMILES string of the molecule is CNC(=O)NC(=O)[C@@H](C)Sc1nnc(CN2CCCCC2)n1-c1ccc(OC(F)F)cc1.